The minimum Gasteiger partial charge on any atom is -0.0622 e. The van der Waals surface area contributed by atoms with Crippen LogP contribution in [-0.4, -0.2) is 0 Å². The predicted octanol–water partition coefficient (Wildman–Crippen LogP) is 11.6. The van der Waals surface area contributed by atoms with Crippen LogP contribution < -0.4 is 0 Å². The van der Waals surface area contributed by atoms with Crippen LogP contribution in [0.25, 0.3) is 33.4 Å². The Morgan fingerprint density at radius 2 is 0.915 bits per heavy atom. The van der Waals surface area contributed by atoms with E-state index in [1.165, 1.54) is 77.9 Å². The maximum atomic E-state index is 2.55. The Morgan fingerprint density at radius 3 is 1.57 bits per heavy atom. The van der Waals surface area contributed by atoms with Crippen LogP contribution in [0.5, 0.6) is 0 Å². The minimum absolute atomic E-state index is 0.0282. The molecular formula is C47H36. The SMILES string of the molecule is CC1(C)c2ccccc2-c2ccc(Cc3cc4c(cc3-c3ccccc3)-c3ccccc3C4(c3ccccc3)c3ccccc3)cc21. The van der Waals surface area contributed by atoms with Crippen molar-refractivity contribution in [1.29, 1.82) is 0 Å². The Kier molecular flexibility index (Phi) is 6.24. The highest BCUT2D eigenvalue weighted by atomic mass is 14.5. The molecule has 0 aromatic heterocycles. The van der Waals surface area contributed by atoms with Crippen LogP contribution in [0.3, 0.4) is 0 Å². The van der Waals surface area contributed by atoms with Gasteiger partial charge in [0.15, 0.2) is 0 Å². The van der Waals surface area contributed by atoms with Crippen molar-refractivity contribution in [2.45, 2.75) is 31.1 Å². The maximum Gasteiger partial charge on any atom is 0.0713 e. The second kappa shape index (κ2) is 10.5. The fourth-order valence-electron chi connectivity index (χ4n) is 8.65. The van der Waals surface area contributed by atoms with Gasteiger partial charge in [0.1, 0.15) is 0 Å². The van der Waals surface area contributed by atoms with Gasteiger partial charge in [0, 0.05) is 5.41 Å². The van der Waals surface area contributed by atoms with E-state index in [9.17, 15) is 0 Å². The van der Waals surface area contributed by atoms with Crippen LogP contribution >= 0.6 is 0 Å². The van der Waals surface area contributed by atoms with Crippen LogP contribution in [0.1, 0.15) is 58.4 Å². The molecular weight excluding hydrogens is 565 g/mol. The van der Waals surface area contributed by atoms with Gasteiger partial charge in [-0.05, 0) is 90.4 Å². The molecule has 0 radical (unpaired) electrons. The van der Waals surface area contributed by atoms with E-state index in [2.05, 4.69) is 184 Å². The van der Waals surface area contributed by atoms with Crippen LogP contribution in [0.4, 0.5) is 0 Å². The monoisotopic (exact) mass is 600 g/mol. The molecule has 0 spiro atoms. The zero-order valence-corrected chi connectivity index (χ0v) is 26.9. The van der Waals surface area contributed by atoms with Crippen LogP contribution in [-0.2, 0) is 17.3 Å². The average molecular weight is 601 g/mol. The van der Waals surface area contributed by atoms with Gasteiger partial charge in [-0.15, -0.1) is 0 Å². The lowest BCUT2D eigenvalue weighted by Gasteiger charge is -2.34. The molecule has 0 fully saturated rings. The zero-order chi connectivity index (χ0) is 31.6. The Labute approximate surface area is 278 Å². The lowest BCUT2D eigenvalue weighted by Crippen LogP contribution is -2.28. The first-order chi connectivity index (χ1) is 23.1. The molecule has 0 saturated heterocycles. The third-order valence-electron chi connectivity index (χ3n) is 10.8. The molecule has 2 aliphatic rings. The summed E-state index contributed by atoms with van der Waals surface area (Å²) in [4.78, 5) is 0. The third kappa shape index (κ3) is 4.08. The Balaban J connectivity index is 1.30. The predicted molar refractivity (Wildman–Crippen MR) is 196 cm³/mol. The molecule has 0 amide bonds. The van der Waals surface area contributed by atoms with Gasteiger partial charge >= 0.3 is 0 Å². The molecule has 2 aliphatic carbocycles. The first-order valence-electron chi connectivity index (χ1n) is 16.7. The Morgan fingerprint density at radius 1 is 0.383 bits per heavy atom. The highest BCUT2D eigenvalue weighted by Gasteiger charge is 2.46. The van der Waals surface area contributed by atoms with E-state index in [0.29, 0.717) is 0 Å². The molecule has 9 rings (SSSR count). The molecule has 0 heteroatoms. The van der Waals surface area contributed by atoms with Crippen molar-refractivity contribution in [2.24, 2.45) is 0 Å². The fraction of sp³-hybridized carbons (Fsp3) is 0.106. The van der Waals surface area contributed by atoms with E-state index in [-0.39, 0.29) is 5.41 Å². The van der Waals surface area contributed by atoms with Crippen LogP contribution in [0.15, 0.2) is 170 Å². The van der Waals surface area contributed by atoms with E-state index in [1.807, 2.05) is 0 Å². The summed E-state index contributed by atoms with van der Waals surface area (Å²) in [6.45, 7) is 4.75. The number of benzene rings is 7. The molecule has 0 N–H and O–H groups in total. The molecule has 0 heterocycles. The normalized spacial score (nSPS) is 14.6. The molecule has 0 saturated carbocycles. The first kappa shape index (κ1) is 27.8. The summed E-state index contributed by atoms with van der Waals surface area (Å²) in [5.74, 6) is 0. The van der Waals surface area contributed by atoms with Crippen molar-refractivity contribution in [3.8, 4) is 33.4 Å². The van der Waals surface area contributed by atoms with Crippen molar-refractivity contribution < 1.29 is 0 Å². The van der Waals surface area contributed by atoms with Crippen molar-refractivity contribution in [3.05, 3.63) is 214 Å². The molecule has 47 heavy (non-hydrogen) atoms. The van der Waals surface area contributed by atoms with Crippen LogP contribution in [0, 0.1) is 0 Å². The fourth-order valence-corrected chi connectivity index (χ4v) is 8.65. The standard InChI is InChI=1S/C47H36/c1-46(2)42-24-14-12-22-37(42)39-27-26-32(29-44(39)46)28-34-30-45-41(31-40(34)33-16-6-3-7-17-33)38-23-13-15-25-43(38)47(45,35-18-8-4-9-19-35)36-20-10-5-11-21-36/h3-27,29-31H,28H2,1-2H3. The van der Waals surface area contributed by atoms with Gasteiger partial charge < -0.3 is 0 Å². The molecule has 0 atom stereocenters. The molecule has 0 unspecified atom stereocenters. The summed E-state index contributed by atoms with van der Waals surface area (Å²) in [5, 5.41) is 0. The van der Waals surface area contributed by atoms with Gasteiger partial charge in [0.05, 0.1) is 5.41 Å². The highest BCUT2D eigenvalue weighted by Crippen LogP contribution is 2.57. The van der Waals surface area contributed by atoms with E-state index in [0.717, 1.165) is 6.42 Å². The van der Waals surface area contributed by atoms with E-state index in [1.54, 1.807) is 0 Å². The molecule has 7 aromatic carbocycles. The largest absolute Gasteiger partial charge is 0.0713 e. The molecule has 0 bridgehead atoms. The van der Waals surface area contributed by atoms with Gasteiger partial charge in [-0.1, -0.05) is 178 Å². The highest BCUT2D eigenvalue weighted by molar-refractivity contribution is 5.90. The molecule has 224 valence electrons. The quantitative estimate of drug-likeness (QED) is 0.184. The molecule has 0 aliphatic heterocycles. The summed E-state index contributed by atoms with van der Waals surface area (Å²) < 4.78 is 0. The molecule has 0 nitrogen and oxygen atoms in total. The van der Waals surface area contributed by atoms with Crippen molar-refractivity contribution in [2.75, 3.05) is 0 Å². The smallest absolute Gasteiger partial charge is 0.0622 e. The topological polar surface area (TPSA) is 0 Å². The first-order valence-corrected chi connectivity index (χ1v) is 16.7. The third-order valence-corrected chi connectivity index (χ3v) is 10.8. The number of hydrogen-bond donors (Lipinski definition) is 0. The maximum absolute atomic E-state index is 2.55. The number of hydrogen-bond acceptors (Lipinski definition) is 0. The zero-order valence-electron chi connectivity index (χ0n) is 26.9. The summed E-state index contributed by atoms with van der Waals surface area (Å²) >= 11 is 0. The number of fused-ring (bicyclic) bond motifs is 6. The summed E-state index contributed by atoms with van der Waals surface area (Å²) in [6.07, 6.45) is 0.854. The number of rotatable bonds is 5. The Hall–Kier alpha value is -5.46. The van der Waals surface area contributed by atoms with Gasteiger partial charge in [0.25, 0.3) is 0 Å². The van der Waals surface area contributed by atoms with E-state index < -0.39 is 5.41 Å². The van der Waals surface area contributed by atoms with Gasteiger partial charge in [-0.25, -0.2) is 0 Å². The average Bonchev–Trinajstić information content (AvgIpc) is 3.54. The lowest BCUT2D eigenvalue weighted by molar-refractivity contribution is 0.659. The van der Waals surface area contributed by atoms with E-state index in [4.69, 9.17) is 0 Å². The van der Waals surface area contributed by atoms with Gasteiger partial charge in [-0.2, -0.15) is 0 Å². The lowest BCUT2D eigenvalue weighted by atomic mass is 9.67. The van der Waals surface area contributed by atoms with Crippen molar-refractivity contribution >= 4 is 0 Å². The van der Waals surface area contributed by atoms with Crippen molar-refractivity contribution in [1.82, 2.24) is 0 Å². The summed E-state index contributed by atoms with van der Waals surface area (Å²) in [5.41, 5.74) is 18.3. The van der Waals surface area contributed by atoms with Crippen molar-refractivity contribution in [3.63, 3.8) is 0 Å². The van der Waals surface area contributed by atoms with Crippen LogP contribution in [0.2, 0.25) is 0 Å². The molecule has 7 aromatic rings. The van der Waals surface area contributed by atoms with Gasteiger partial charge in [-0.3, -0.25) is 0 Å². The van der Waals surface area contributed by atoms with E-state index >= 15 is 0 Å². The summed E-state index contributed by atoms with van der Waals surface area (Å²) in [7, 11) is 0. The second-order valence-electron chi connectivity index (χ2n) is 13.7. The van der Waals surface area contributed by atoms with Gasteiger partial charge in [0.2, 0.25) is 0 Å². The second-order valence-corrected chi connectivity index (χ2v) is 13.7. The minimum atomic E-state index is -0.417. The summed E-state index contributed by atoms with van der Waals surface area (Å²) in [6, 6.07) is 63.4. The Bertz CT molecular complexity index is 2230.